The fraction of sp³-hybridized carbons (Fsp3) is 0.222. The number of para-hydroxylation sites is 1. The van der Waals surface area contributed by atoms with Crippen molar-refractivity contribution in [3.05, 3.63) is 60.2 Å². The van der Waals surface area contributed by atoms with Crippen molar-refractivity contribution in [2.45, 2.75) is 17.2 Å². The fourth-order valence-corrected chi connectivity index (χ4v) is 4.16. The van der Waals surface area contributed by atoms with Gasteiger partial charge in [0.1, 0.15) is 0 Å². The Labute approximate surface area is 144 Å². The number of rotatable bonds is 6. The van der Waals surface area contributed by atoms with Crippen LogP contribution in [0, 0.1) is 0 Å². The number of nitrogens with one attached hydrogen (secondary N) is 1. The Morgan fingerprint density at radius 3 is 2.70 bits per heavy atom. The molecule has 0 unspecified atom stereocenters. The molecule has 0 fully saturated rings. The maximum Gasteiger partial charge on any atom is 0.230 e. The van der Waals surface area contributed by atoms with Crippen molar-refractivity contribution >= 4 is 39.2 Å². The van der Waals surface area contributed by atoms with E-state index in [-0.39, 0.29) is 5.91 Å². The lowest BCUT2D eigenvalue weighted by Crippen LogP contribution is -2.28. The molecule has 0 bridgehead atoms. The van der Waals surface area contributed by atoms with Crippen LogP contribution < -0.4 is 5.32 Å². The second-order valence-corrected chi connectivity index (χ2v) is 7.61. The average molecular weight is 342 g/mol. The highest BCUT2D eigenvalue weighted by Gasteiger charge is 2.10. The lowest BCUT2D eigenvalue weighted by Gasteiger charge is -2.12. The molecule has 118 valence electrons. The standard InChI is InChI=1S/C18H18N2OS2/c1-13(14-7-3-2-4-8-14)11-19-17(21)12-22-18-20-15-9-5-6-10-16(15)23-18/h2-10,13H,11-12H2,1H3,(H,19,21)/t13-/m1/s1. The molecule has 3 nitrogen and oxygen atoms in total. The van der Waals surface area contributed by atoms with Gasteiger partial charge in [0, 0.05) is 6.54 Å². The number of carbonyl (C=O) groups excluding carboxylic acids is 1. The smallest absolute Gasteiger partial charge is 0.230 e. The van der Waals surface area contributed by atoms with E-state index >= 15 is 0 Å². The largest absolute Gasteiger partial charge is 0.355 e. The molecule has 1 N–H and O–H groups in total. The molecule has 0 saturated heterocycles. The Bertz CT molecular complexity index is 753. The van der Waals surface area contributed by atoms with E-state index in [1.165, 1.54) is 17.3 Å². The number of carbonyl (C=O) groups is 1. The summed E-state index contributed by atoms with van der Waals surface area (Å²) >= 11 is 3.13. The molecule has 0 aliphatic heterocycles. The van der Waals surface area contributed by atoms with Gasteiger partial charge in [-0.2, -0.15) is 0 Å². The molecule has 0 aliphatic carbocycles. The van der Waals surface area contributed by atoms with Gasteiger partial charge in [-0.05, 0) is 23.6 Å². The molecule has 5 heteroatoms. The summed E-state index contributed by atoms with van der Waals surface area (Å²) in [6, 6.07) is 18.3. The molecule has 1 heterocycles. The molecule has 23 heavy (non-hydrogen) atoms. The van der Waals surface area contributed by atoms with Crippen LogP contribution in [0.25, 0.3) is 10.2 Å². The van der Waals surface area contributed by atoms with E-state index < -0.39 is 0 Å². The summed E-state index contributed by atoms with van der Waals surface area (Å²) < 4.78 is 2.10. The molecule has 1 amide bonds. The van der Waals surface area contributed by atoms with Gasteiger partial charge in [-0.1, -0.05) is 61.2 Å². The number of benzene rings is 2. The van der Waals surface area contributed by atoms with E-state index in [4.69, 9.17) is 0 Å². The van der Waals surface area contributed by atoms with Crippen LogP contribution in [0.2, 0.25) is 0 Å². The summed E-state index contributed by atoms with van der Waals surface area (Å²) in [5.41, 5.74) is 2.24. The zero-order valence-electron chi connectivity index (χ0n) is 12.9. The van der Waals surface area contributed by atoms with Crippen LogP contribution in [0.1, 0.15) is 18.4 Å². The minimum Gasteiger partial charge on any atom is -0.355 e. The van der Waals surface area contributed by atoms with Gasteiger partial charge in [0.05, 0.1) is 16.0 Å². The highest BCUT2D eigenvalue weighted by atomic mass is 32.2. The predicted octanol–water partition coefficient (Wildman–Crippen LogP) is 4.31. The van der Waals surface area contributed by atoms with E-state index in [1.54, 1.807) is 11.3 Å². The summed E-state index contributed by atoms with van der Waals surface area (Å²) in [5.74, 6) is 0.770. The third-order valence-electron chi connectivity index (χ3n) is 3.58. The Kier molecular flexibility index (Phi) is 5.31. The zero-order chi connectivity index (χ0) is 16.1. The highest BCUT2D eigenvalue weighted by molar-refractivity contribution is 8.01. The lowest BCUT2D eigenvalue weighted by atomic mass is 10.0. The van der Waals surface area contributed by atoms with Crippen molar-refractivity contribution in [3.63, 3.8) is 0 Å². The van der Waals surface area contributed by atoms with Gasteiger partial charge in [0.2, 0.25) is 5.91 Å². The van der Waals surface area contributed by atoms with Gasteiger partial charge in [-0.3, -0.25) is 4.79 Å². The molecular formula is C18H18N2OS2. The Morgan fingerprint density at radius 1 is 1.17 bits per heavy atom. The van der Waals surface area contributed by atoms with Crippen LogP contribution in [0.4, 0.5) is 0 Å². The quantitative estimate of drug-likeness (QED) is 0.679. The van der Waals surface area contributed by atoms with Crippen LogP contribution in [0.3, 0.4) is 0 Å². The van der Waals surface area contributed by atoms with Gasteiger partial charge in [0.25, 0.3) is 0 Å². The lowest BCUT2D eigenvalue weighted by molar-refractivity contribution is -0.118. The first-order chi connectivity index (χ1) is 11.2. The number of nitrogens with zero attached hydrogens (tertiary/aromatic N) is 1. The minimum atomic E-state index is 0.0528. The fourth-order valence-electron chi connectivity index (χ4n) is 2.26. The maximum atomic E-state index is 12.0. The second-order valence-electron chi connectivity index (χ2n) is 5.35. The minimum absolute atomic E-state index is 0.0528. The van der Waals surface area contributed by atoms with Crippen LogP contribution >= 0.6 is 23.1 Å². The van der Waals surface area contributed by atoms with E-state index in [0.717, 1.165) is 14.6 Å². The Morgan fingerprint density at radius 2 is 1.91 bits per heavy atom. The topological polar surface area (TPSA) is 42.0 Å². The monoisotopic (exact) mass is 342 g/mol. The van der Waals surface area contributed by atoms with Crippen molar-refractivity contribution in [1.82, 2.24) is 10.3 Å². The Balaban J connectivity index is 1.48. The van der Waals surface area contributed by atoms with Gasteiger partial charge in [-0.25, -0.2) is 4.98 Å². The van der Waals surface area contributed by atoms with Crippen molar-refractivity contribution in [3.8, 4) is 0 Å². The van der Waals surface area contributed by atoms with E-state index in [2.05, 4.69) is 35.4 Å². The third kappa shape index (κ3) is 4.33. The molecule has 0 saturated carbocycles. The summed E-state index contributed by atoms with van der Waals surface area (Å²) in [6.45, 7) is 2.78. The normalized spacial score (nSPS) is 12.2. The van der Waals surface area contributed by atoms with Gasteiger partial charge in [0.15, 0.2) is 4.34 Å². The van der Waals surface area contributed by atoms with Gasteiger partial charge >= 0.3 is 0 Å². The number of hydrogen-bond donors (Lipinski definition) is 1. The van der Waals surface area contributed by atoms with Crippen LogP contribution in [-0.2, 0) is 4.79 Å². The van der Waals surface area contributed by atoms with Crippen LogP contribution in [-0.4, -0.2) is 23.2 Å². The van der Waals surface area contributed by atoms with Crippen molar-refractivity contribution < 1.29 is 4.79 Å². The average Bonchev–Trinajstić information content (AvgIpc) is 3.01. The van der Waals surface area contributed by atoms with Gasteiger partial charge in [-0.15, -0.1) is 11.3 Å². The first kappa shape index (κ1) is 16.0. The molecule has 0 radical (unpaired) electrons. The molecule has 1 aromatic heterocycles. The summed E-state index contributed by atoms with van der Waals surface area (Å²) in [6.07, 6.45) is 0. The molecule has 2 aromatic carbocycles. The molecule has 3 aromatic rings. The zero-order valence-corrected chi connectivity index (χ0v) is 14.5. The molecule has 0 aliphatic rings. The van der Waals surface area contributed by atoms with Crippen molar-refractivity contribution in [1.29, 1.82) is 0 Å². The first-order valence-electron chi connectivity index (χ1n) is 7.52. The van der Waals surface area contributed by atoms with Crippen molar-refractivity contribution in [2.75, 3.05) is 12.3 Å². The van der Waals surface area contributed by atoms with Gasteiger partial charge < -0.3 is 5.32 Å². The Hall–Kier alpha value is -1.85. The molecule has 1 atom stereocenters. The summed E-state index contributed by atoms with van der Waals surface area (Å²) in [5, 5.41) is 3.00. The first-order valence-corrected chi connectivity index (χ1v) is 9.32. The number of thiazole rings is 1. The number of fused-ring (bicyclic) bond motifs is 1. The summed E-state index contributed by atoms with van der Waals surface area (Å²) in [7, 11) is 0. The number of thioether (sulfide) groups is 1. The van der Waals surface area contributed by atoms with E-state index in [0.29, 0.717) is 18.2 Å². The SMILES string of the molecule is C[C@H](CNC(=O)CSc1nc2ccccc2s1)c1ccccc1. The number of amides is 1. The highest BCUT2D eigenvalue weighted by Crippen LogP contribution is 2.29. The molecule has 0 spiro atoms. The van der Waals surface area contributed by atoms with E-state index in [1.807, 2.05) is 36.4 Å². The maximum absolute atomic E-state index is 12.0. The summed E-state index contributed by atoms with van der Waals surface area (Å²) in [4.78, 5) is 16.5. The van der Waals surface area contributed by atoms with Crippen molar-refractivity contribution in [2.24, 2.45) is 0 Å². The number of hydrogen-bond acceptors (Lipinski definition) is 4. The van der Waals surface area contributed by atoms with E-state index in [9.17, 15) is 4.79 Å². The third-order valence-corrected chi connectivity index (χ3v) is 5.75. The van der Waals surface area contributed by atoms with Crippen LogP contribution in [0.15, 0.2) is 58.9 Å². The molecular weight excluding hydrogens is 324 g/mol. The number of aromatic nitrogens is 1. The van der Waals surface area contributed by atoms with Crippen LogP contribution in [0.5, 0.6) is 0 Å². The second kappa shape index (κ2) is 7.62. The predicted molar refractivity (Wildman–Crippen MR) is 98.2 cm³/mol. The molecule has 3 rings (SSSR count).